The molecule has 0 spiro atoms. The van der Waals surface area contributed by atoms with Crippen molar-refractivity contribution in [3.63, 3.8) is 0 Å². The van der Waals surface area contributed by atoms with Crippen molar-refractivity contribution in [3.8, 4) is 0 Å². The van der Waals surface area contributed by atoms with E-state index in [-0.39, 0.29) is 5.48 Å². The second kappa shape index (κ2) is 10.6. The topological polar surface area (TPSA) is 81.7 Å². The Labute approximate surface area is 77.6 Å². The summed E-state index contributed by atoms with van der Waals surface area (Å²) in [6.07, 6.45) is 4.52. The van der Waals surface area contributed by atoms with E-state index in [1.165, 1.54) is 0 Å². The average Bonchev–Trinajstić information content (AvgIpc) is 2.08. The van der Waals surface area contributed by atoms with Crippen molar-refractivity contribution < 1.29 is 15.4 Å². The highest BCUT2D eigenvalue weighted by Crippen LogP contribution is 1.82. The molecule has 3 N–H and O–H groups in total. The molecule has 4 heteroatoms. The van der Waals surface area contributed by atoms with Crippen LogP contribution in [0.4, 0.5) is 0 Å². The van der Waals surface area contributed by atoms with E-state index in [9.17, 15) is 4.79 Å². The van der Waals surface area contributed by atoms with Crippen LogP contribution in [0.2, 0.25) is 0 Å². The Morgan fingerprint density at radius 1 is 1.31 bits per heavy atom. The van der Waals surface area contributed by atoms with Crippen molar-refractivity contribution in [1.82, 2.24) is 4.98 Å². The second-order valence-corrected chi connectivity index (χ2v) is 2.17. The molecule has 0 saturated carbocycles. The first-order valence-corrected chi connectivity index (χ1v) is 3.84. The summed E-state index contributed by atoms with van der Waals surface area (Å²) in [6.45, 7) is 1.84. The van der Waals surface area contributed by atoms with Gasteiger partial charge in [0, 0.05) is 18.8 Å². The first kappa shape index (κ1) is 14.1. The normalized spacial score (nSPS) is 7.46. The van der Waals surface area contributed by atoms with E-state index in [1.807, 2.05) is 25.1 Å². The third kappa shape index (κ3) is 13.6. The third-order valence-corrected chi connectivity index (χ3v) is 1.03. The minimum atomic E-state index is -0.711. The van der Waals surface area contributed by atoms with Crippen LogP contribution in [0.15, 0.2) is 30.6 Å². The Kier molecular flexibility index (Phi) is 11.5. The Balaban J connectivity index is 0. The quantitative estimate of drug-likeness (QED) is 0.749. The molecule has 0 radical (unpaired) electrons. The lowest BCUT2D eigenvalue weighted by Gasteiger charge is -1.79. The number of hydrogen-bond acceptors (Lipinski definition) is 2. The van der Waals surface area contributed by atoms with Crippen molar-refractivity contribution in [2.45, 2.75) is 19.8 Å². The average molecular weight is 185 g/mol. The maximum Gasteiger partial charge on any atom is 0.303 e. The summed E-state index contributed by atoms with van der Waals surface area (Å²) in [5, 5.41) is 7.91. The van der Waals surface area contributed by atoms with Crippen molar-refractivity contribution in [3.05, 3.63) is 30.6 Å². The van der Waals surface area contributed by atoms with Crippen LogP contribution < -0.4 is 0 Å². The molecule has 1 rings (SSSR count). The van der Waals surface area contributed by atoms with E-state index >= 15 is 0 Å². The van der Waals surface area contributed by atoms with Gasteiger partial charge >= 0.3 is 5.97 Å². The first-order valence-electron chi connectivity index (χ1n) is 3.84. The second-order valence-electron chi connectivity index (χ2n) is 2.17. The summed E-state index contributed by atoms with van der Waals surface area (Å²) < 4.78 is 0. The lowest BCUT2D eigenvalue weighted by molar-refractivity contribution is -0.137. The number of carboxylic acid groups (broad SMARTS) is 1. The van der Waals surface area contributed by atoms with Crippen molar-refractivity contribution in [2.24, 2.45) is 0 Å². The fraction of sp³-hybridized carbons (Fsp3) is 0.333. The number of aromatic nitrogens is 1. The molecule has 0 saturated heterocycles. The van der Waals surface area contributed by atoms with Gasteiger partial charge in [0.1, 0.15) is 0 Å². The largest absolute Gasteiger partial charge is 0.481 e. The van der Waals surface area contributed by atoms with Gasteiger partial charge in [0.25, 0.3) is 0 Å². The van der Waals surface area contributed by atoms with Gasteiger partial charge in [-0.15, -0.1) is 0 Å². The molecule has 0 aromatic carbocycles. The monoisotopic (exact) mass is 185 g/mol. The Morgan fingerprint density at radius 3 is 1.92 bits per heavy atom. The van der Waals surface area contributed by atoms with E-state index in [0.29, 0.717) is 6.42 Å². The lowest BCUT2D eigenvalue weighted by atomic mass is 10.4. The van der Waals surface area contributed by atoms with Crippen LogP contribution in [-0.4, -0.2) is 21.5 Å². The van der Waals surface area contributed by atoms with Gasteiger partial charge in [-0.2, -0.15) is 0 Å². The smallest absolute Gasteiger partial charge is 0.303 e. The zero-order chi connectivity index (χ0) is 9.23. The van der Waals surface area contributed by atoms with E-state index in [2.05, 4.69) is 4.98 Å². The minimum Gasteiger partial charge on any atom is -0.481 e. The molecular formula is C9H15NO3. The van der Waals surface area contributed by atoms with Crippen LogP contribution >= 0.6 is 0 Å². The number of aliphatic carboxylic acids is 1. The highest BCUT2D eigenvalue weighted by molar-refractivity contribution is 5.66. The zero-order valence-corrected chi connectivity index (χ0v) is 7.60. The molecular weight excluding hydrogens is 170 g/mol. The maximum absolute atomic E-state index is 9.60. The van der Waals surface area contributed by atoms with Gasteiger partial charge in [0.15, 0.2) is 0 Å². The predicted octanol–water partition coefficient (Wildman–Crippen LogP) is 1.13. The molecule has 0 aliphatic carbocycles. The lowest BCUT2D eigenvalue weighted by Crippen LogP contribution is -1.90. The summed E-state index contributed by atoms with van der Waals surface area (Å²) in [5.74, 6) is -0.711. The molecule has 0 aliphatic heterocycles. The van der Waals surface area contributed by atoms with Crippen LogP contribution in [0.1, 0.15) is 19.8 Å². The number of nitrogens with zero attached hydrogens (tertiary/aromatic N) is 1. The number of carboxylic acids is 1. The van der Waals surface area contributed by atoms with Gasteiger partial charge in [-0.1, -0.05) is 13.0 Å². The molecule has 0 aliphatic rings. The van der Waals surface area contributed by atoms with Gasteiger partial charge < -0.3 is 10.6 Å². The van der Waals surface area contributed by atoms with E-state index < -0.39 is 5.97 Å². The molecule has 1 aromatic heterocycles. The molecule has 1 heterocycles. The van der Waals surface area contributed by atoms with Crippen molar-refractivity contribution >= 4 is 5.97 Å². The third-order valence-electron chi connectivity index (χ3n) is 1.03. The molecule has 0 fully saturated rings. The fourth-order valence-corrected chi connectivity index (χ4v) is 0.526. The van der Waals surface area contributed by atoms with E-state index in [4.69, 9.17) is 5.11 Å². The highest BCUT2D eigenvalue weighted by Gasteiger charge is 1.87. The molecule has 0 amide bonds. The fourth-order valence-electron chi connectivity index (χ4n) is 0.526. The van der Waals surface area contributed by atoms with E-state index in [1.54, 1.807) is 12.4 Å². The molecule has 74 valence electrons. The van der Waals surface area contributed by atoms with Gasteiger partial charge in [0.2, 0.25) is 0 Å². The summed E-state index contributed by atoms with van der Waals surface area (Å²) in [5.41, 5.74) is 0. The predicted molar refractivity (Wildman–Crippen MR) is 50.4 cm³/mol. The van der Waals surface area contributed by atoms with E-state index in [0.717, 1.165) is 6.42 Å². The first-order chi connectivity index (χ1) is 5.77. The van der Waals surface area contributed by atoms with Crippen molar-refractivity contribution in [1.29, 1.82) is 0 Å². The van der Waals surface area contributed by atoms with Crippen LogP contribution in [0.5, 0.6) is 0 Å². The molecule has 13 heavy (non-hydrogen) atoms. The van der Waals surface area contributed by atoms with Crippen LogP contribution in [0.25, 0.3) is 0 Å². The Bertz CT molecular complexity index is 175. The Morgan fingerprint density at radius 2 is 1.85 bits per heavy atom. The molecule has 0 unspecified atom stereocenters. The summed E-state index contributed by atoms with van der Waals surface area (Å²) >= 11 is 0. The van der Waals surface area contributed by atoms with Crippen LogP contribution in [0.3, 0.4) is 0 Å². The molecule has 4 nitrogen and oxygen atoms in total. The Hall–Kier alpha value is -1.42. The summed E-state index contributed by atoms with van der Waals surface area (Å²) in [4.78, 5) is 13.4. The van der Waals surface area contributed by atoms with Gasteiger partial charge in [0.05, 0.1) is 0 Å². The highest BCUT2D eigenvalue weighted by atomic mass is 16.4. The summed E-state index contributed by atoms with van der Waals surface area (Å²) in [6, 6.07) is 5.72. The SMILES string of the molecule is CCCC(=O)O.O.c1ccncc1. The van der Waals surface area contributed by atoms with Gasteiger partial charge in [-0.3, -0.25) is 9.78 Å². The number of pyridine rings is 1. The van der Waals surface area contributed by atoms with Crippen molar-refractivity contribution in [2.75, 3.05) is 0 Å². The number of hydrogen-bond donors (Lipinski definition) is 1. The summed E-state index contributed by atoms with van der Waals surface area (Å²) in [7, 11) is 0. The molecule has 1 aromatic rings. The zero-order valence-electron chi connectivity index (χ0n) is 7.60. The van der Waals surface area contributed by atoms with Crippen LogP contribution in [-0.2, 0) is 4.79 Å². The maximum atomic E-state index is 9.60. The minimum absolute atomic E-state index is 0. The molecule has 0 atom stereocenters. The van der Waals surface area contributed by atoms with Gasteiger partial charge in [-0.05, 0) is 18.6 Å². The van der Waals surface area contributed by atoms with Gasteiger partial charge in [-0.25, -0.2) is 0 Å². The standard InChI is InChI=1S/C5H5N.C4H8O2.H2O/c1-2-4-6-5-3-1;1-2-3-4(5)6;/h1-5H;2-3H2,1H3,(H,5,6);1H2. The molecule has 0 bridgehead atoms. The number of rotatable bonds is 2. The number of carbonyl (C=O) groups is 1. The van der Waals surface area contributed by atoms with Crippen LogP contribution in [0, 0.1) is 0 Å².